The fourth-order valence-corrected chi connectivity index (χ4v) is 4.37. The third-order valence-corrected chi connectivity index (χ3v) is 6.23. The number of aryl methyl sites for hydroxylation is 1. The van der Waals surface area contributed by atoms with Gasteiger partial charge in [0.25, 0.3) is 5.69 Å². The van der Waals surface area contributed by atoms with Crippen LogP contribution in [-0.4, -0.2) is 58.9 Å². The second kappa shape index (κ2) is 8.11. The molecule has 1 saturated heterocycles. The lowest BCUT2D eigenvalue weighted by Gasteiger charge is -2.33. The van der Waals surface area contributed by atoms with Crippen molar-refractivity contribution in [2.45, 2.75) is 31.2 Å². The summed E-state index contributed by atoms with van der Waals surface area (Å²) in [6.07, 6.45) is 1.66. The molecule has 146 valence electrons. The number of nitrogens with zero attached hydrogens (tertiary/aromatic N) is 5. The van der Waals surface area contributed by atoms with Gasteiger partial charge in [-0.1, -0.05) is 18.1 Å². The van der Waals surface area contributed by atoms with Crippen LogP contribution in [0.5, 0.6) is 0 Å². The Balaban J connectivity index is 1.62. The van der Waals surface area contributed by atoms with Crippen LogP contribution in [0.15, 0.2) is 33.7 Å². The highest BCUT2D eigenvalue weighted by atomic mass is 32.2. The van der Waals surface area contributed by atoms with Crippen LogP contribution in [0.4, 0.5) is 5.69 Å². The van der Waals surface area contributed by atoms with Crippen LogP contribution in [0.3, 0.4) is 0 Å². The maximum absolute atomic E-state index is 12.7. The van der Waals surface area contributed by atoms with Crippen LogP contribution in [0.1, 0.15) is 25.1 Å². The van der Waals surface area contributed by atoms with E-state index in [-0.39, 0.29) is 10.6 Å². The Morgan fingerprint density at radius 2 is 2.00 bits per heavy atom. The van der Waals surface area contributed by atoms with Gasteiger partial charge in [0.05, 0.1) is 16.4 Å². The van der Waals surface area contributed by atoms with Gasteiger partial charge in [-0.15, -0.1) is 0 Å². The van der Waals surface area contributed by atoms with E-state index in [4.69, 9.17) is 4.52 Å². The first-order valence-electron chi connectivity index (χ1n) is 8.68. The molecule has 1 aliphatic heterocycles. The molecule has 2 aromatic rings. The van der Waals surface area contributed by atoms with Crippen molar-refractivity contribution in [1.82, 2.24) is 19.3 Å². The average Bonchev–Trinajstić information content (AvgIpc) is 3.09. The van der Waals surface area contributed by atoms with Gasteiger partial charge in [0.2, 0.25) is 15.9 Å². The molecule has 1 aliphatic rings. The Hall–Kier alpha value is -2.37. The van der Waals surface area contributed by atoms with Gasteiger partial charge in [-0.2, -0.15) is 9.29 Å². The fourth-order valence-electron chi connectivity index (χ4n) is 2.90. The van der Waals surface area contributed by atoms with Crippen molar-refractivity contribution < 1.29 is 17.9 Å². The molecule has 10 nitrogen and oxygen atoms in total. The van der Waals surface area contributed by atoms with Crippen LogP contribution in [0.2, 0.25) is 0 Å². The van der Waals surface area contributed by atoms with Crippen molar-refractivity contribution in [2.75, 3.05) is 26.2 Å². The van der Waals surface area contributed by atoms with Crippen LogP contribution < -0.4 is 0 Å². The van der Waals surface area contributed by atoms with Gasteiger partial charge in [-0.05, 0) is 12.5 Å². The van der Waals surface area contributed by atoms with Crippen molar-refractivity contribution in [1.29, 1.82) is 0 Å². The lowest BCUT2D eigenvalue weighted by Crippen LogP contribution is -2.48. The van der Waals surface area contributed by atoms with Gasteiger partial charge in [0.15, 0.2) is 5.82 Å². The third kappa shape index (κ3) is 4.49. The second-order valence-corrected chi connectivity index (χ2v) is 8.23. The molecule has 0 amide bonds. The molecular weight excluding hydrogens is 374 g/mol. The molecule has 11 heteroatoms. The van der Waals surface area contributed by atoms with Gasteiger partial charge in [-0.3, -0.25) is 15.0 Å². The van der Waals surface area contributed by atoms with Crippen LogP contribution in [0, 0.1) is 10.1 Å². The maximum atomic E-state index is 12.7. The summed E-state index contributed by atoms with van der Waals surface area (Å²) < 4.78 is 32.0. The molecule has 1 aromatic carbocycles. The van der Waals surface area contributed by atoms with Crippen LogP contribution in [-0.2, 0) is 23.0 Å². The Morgan fingerprint density at radius 1 is 1.26 bits per heavy atom. The van der Waals surface area contributed by atoms with Gasteiger partial charge in [0.1, 0.15) is 0 Å². The first-order chi connectivity index (χ1) is 12.9. The molecular formula is C16H21N5O5S. The minimum atomic E-state index is -3.77. The zero-order valence-corrected chi connectivity index (χ0v) is 15.8. The highest BCUT2D eigenvalue weighted by Gasteiger charge is 2.29. The second-order valence-electron chi connectivity index (χ2n) is 6.29. The summed E-state index contributed by atoms with van der Waals surface area (Å²) in [5, 5.41) is 14.8. The van der Waals surface area contributed by atoms with E-state index in [0.29, 0.717) is 44.4 Å². The summed E-state index contributed by atoms with van der Waals surface area (Å²) >= 11 is 0. The lowest BCUT2D eigenvalue weighted by atomic mass is 10.3. The van der Waals surface area contributed by atoms with E-state index in [2.05, 4.69) is 15.0 Å². The molecule has 0 radical (unpaired) electrons. The topological polar surface area (TPSA) is 123 Å². The summed E-state index contributed by atoms with van der Waals surface area (Å²) in [4.78, 5) is 16.6. The fraction of sp³-hybridized carbons (Fsp3) is 0.500. The molecule has 0 saturated carbocycles. The van der Waals surface area contributed by atoms with Crippen LogP contribution >= 0.6 is 0 Å². The minimum absolute atomic E-state index is 0.0625. The van der Waals surface area contributed by atoms with Gasteiger partial charge >= 0.3 is 0 Å². The summed E-state index contributed by atoms with van der Waals surface area (Å²) in [7, 11) is -3.77. The third-order valence-electron chi connectivity index (χ3n) is 4.34. The zero-order chi connectivity index (χ0) is 19.4. The highest BCUT2D eigenvalue weighted by Crippen LogP contribution is 2.22. The smallest absolute Gasteiger partial charge is 0.270 e. The normalized spacial score (nSPS) is 16.5. The number of benzene rings is 1. The number of rotatable bonds is 7. The maximum Gasteiger partial charge on any atom is 0.270 e. The van der Waals surface area contributed by atoms with E-state index >= 15 is 0 Å². The molecule has 3 rings (SSSR count). The van der Waals surface area contributed by atoms with E-state index in [1.165, 1.54) is 22.5 Å². The molecule has 0 unspecified atom stereocenters. The number of non-ortho nitro benzene ring substituents is 1. The van der Waals surface area contributed by atoms with Gasteiger partial charge in [0, 0.05) is 44.7 Å². The SMILES string of the molecule is CCCc1nc(CN2CCN(S(=O)(=O)c3cccc([N+](=O)[O-])c3)CC2)no1. The first kappa shape index (κ1) is 19.4. The number of nitro groups is 1. The molecule has 1 aromatic heterocycles. The van der Waals surface area contributed by atoms with Crippen molar-refractivity contribution >= 4 is 15.7 Å². The number of nitro benzene ring substituents is 1. The number of piperazine rings is 1. The molecule has 0 N–H and O–H groups in total. The summed E-state index contributed by atoms with van der Waals surface area (Å²) in [6.45, 7) is 4.16. The largest absolute Gasteiger partial charge is 0.339 e. The average molecular weight is 395 g/mol. The summed E-state index contributed by atoms with van der Waals surface area (Å²) in [5.74, 6) is 1.20. The molecule has 2 heterocycles. The van der Waals surface area contributed by atoms with Crippen molar-refractivity contribution in [3.63, 3.8) is 0 Å². The van der Waals surface area contributed by atoms with Crippen LogP contribution in [0.25, 0.3) is 0 Å². The Labute approximate surface area is 157 Å². The molecule has 1 fully saturated rings. The van der Waals surface area contributed by atoms with E-state index in [1.807, 2.05) is 6.92 Å². The number of sulfonamides is 1. The van der Waals surface area contributed by atoms with Gasteiger partial charge in [-0.25, -0.2) is 8.42 Å². The molecule has 0 aliphatic carbocycles. The quantitative estimate of drug-likeness (QED) is 0.510. The predicted octanol–water partition coefficient (Wildman–Crippen LogP) is 1.44. The van der Waals surface area contributed by atoms with E-state index in [9.17, 15) is 18.5 Å². The van der Waals surface area contributed by atoms with Crippen molar-refractivity contribution in [3.05, 3.63) is 46.1 Å². The Morgan fingerprint density at radius 3 is 2.67 bits per heavy atom. The first-order valence-corrected chi connectivity index (χ1v) is 10.1. The van der Waals surface area contributed by atoms with E-state index < -0.39 is 14.9 Å². The van der Waals surface area contributed by atoms with E-state index in [1.54, 1.807) is 0 Å². The number of hydrogen-bond acceptors (Lipinski definition) is 8. The standard InChI is InChI=1S/C16H21N5O5S/c1-2-4-16-17-15(18-26-16)12-19-7-9-20(10-8-19)27(24,25)14-6-3-5-13(11-14)21(22)23/h3,5-6,11H,2,4,7-10,12H2,1H3. The van der Waals surface area contributed by atoms with Crippen molar-refractivity contribution in [3.8, 4) is 0 Å². The number of hydrogen-bond donors (Lipinski definition) is 0. The monoisotopic (exact) mass is 395 g/mol. The summed E-state index contributed by atoms with van der Waals surface area (Å²) in [6, 6.07) is 5.12. The molecule has 0 spiro atoms. The van der Waals surface area contributed by atoms with E-state index in [0.717, 1.165) is 18.9 Å². The molecule has 0 bridgehead atoms. The zero-order valence-electron chi connectivity index (χ0n) is 14.9. The lowest BCUT2D eigenvalue weighted by molar-refractivity contribution is -0.385. The Bertz CT molecular complexity index is 905. The summed E-state index contributed by atoms with van der Waals surface area (Å²) in [5.41, 5.74) is -0.241. The van der Waals surface area contributed by atoms with Gasteiger partial charge < -0.3 is 4.52 Å². The number of aromatic nitrogens is 2. The molecule has 27 heavy (non-hydrogen) atoms. The van der Waals surface area contributed by atoms with Crippen molar-refractivity contribution in [2.24, 2.45) is 0 Å². The Kier molecular flexibility index (Phi) is 5.82. The minimum Gasteiger partial charge on any atom is -0.339 e. The highest BCUT2D eigenvalue weighted by molar-refractivity contribution is 7.89. The predicted molar refractivity (Wildman–Crippen MR) is 95.4 cm³/mol. The molecule has 0 atom stereocenters.